The van der Waals surface area contributed by atoms with Crippen molar-refractivity contribution in [3.63, 3.8) is 0 Å². The van der Waals surface area contributed by atoms with Crippen LogP contribution in [0.2, 0.25) is 0 Å². The summed E-state index contributed by atoms with van der Waals surface area (Å²) in [6, 6.07) is 18.1. The van der Waals surface area contributed by atoms with E-state index in [9.17, 15) is 4.79 Å². The van der Waals surface area contributed by atoms with E-state index in [0.717, 1.165) is 38.1 Å². The maximum atomic E-state index is 12.5. The molecule has 1 saturated heterocycles. The van der Waals surface area contributed by atoms with Gasteiger partial charge in [-0.15, -0.1) is 0 Å². The summed E-state index contributed by atoms with van der Waals surface area (Å²) in [6.45, 7) is 5.14. The molecule has 0 spiro atoms. The van der Waals surface area contributed by atoms with E-state index >= 15 is 0 Å². The van der Waals surface area contributed by atoms with Gasteiger partial charge in [-0.05, 0) is 43.4 Å². The van der Waals surface area contributed by atoms with Gasteiger partial charge in [0.1, 0.15) is 0 Å². The SMILES string of the molecule is Cc1ccc(C(=O)N2CCC(COCc3ccccc3)CC2)cc1. The summed E-state index contributed by atoms with van der Waals surface area (Å²) in [6.07, 6.45) is 2.04. The van der Waals surface area contributed by atoms with E-state index in [1.165, 1.54) is 11.1 Å². The van der Waals surface area contributed by atoms with Gasteiger partial charge in [0, 0.05) is 25.3 Å². The summed E-state index contributed by atoms with van der Waals surface area (Å²) in [7, 11) is 0. The van der Waals surface area contributed by atoms with Gasteiger partial charge < -0.3 is 9.64 Å². The number of benzene rings is 2. The average Bonchev–Trinajstić information content (AvgIpc) is 2.63. The van der Waals surface area contributed by atoms with E-state index < -0.39 is 0 Å². The molecule has 0 unspecified atom stereocenters. The number of hydrogen-bond donors (Lipinski definition) is 0. The standard InChI is InChI=1S/C21H25NO2/c1-17-7-9-20(10-8-17)21(23)22-13-11-19(12-14-22)16-24-15-18-5-3-2-4-6-18/h2-10,19H,11-16H2,1H3. The second-order valence-corrected chi connectivity index (χ2v) is 6.60. The first-order valence-corrected chi connectivity index (χ1v) is 8.70. The molecule has 1 heterocycles. The lowest BCUT2D eigenvalue weighted by atomic mass is 9.97. The molecule has 0 aliphatic carbocycles. The molecule has 0 N–H and O–H groups in total. The van der Waals surface area contributed by atoms with Crippen molar-refractivity contribution in [3.8, 4) is 0 Å². The number of amides is 1. The van der Waals surface area contributed by atoms with Crippen LogP contribution in [0.4, 0.5) is 0 Å². The number of hydrogen-bond acceptors (Lipinski definition) is 2. The summed E-state index contributed by atoms with van der Waals surface area (Å²) in [5.74, 6) is 0.703. The Morgan fingerprint density at radius 1 is 1.04 bits per heavy atom. The van der Waals surface area contributed by atoms with E-state index in [0.29, 0.717) is 12.5 Å². The largest absolute Gasteiger partial charge is 0.376 e. The first-order chi connectivity index (χ1) is 11.7. The summed E-state index contributed by atoms with van der Waals surface area (Å²) in [4.78, 5) is 14.5. The Labute approximate surface area is 144 Å². The Hall–Kier alpha value is -2.13. The zero-order chi connectivity index (χ0) is 16.8. The highest BCUT2D eigenvalue weighted by molar-refractivity contribution is 5.94. The van der Waals surface area contributed by atoms with Crippen LogP contribution in [0, 0.1) is 12.8 Å². The van der Waals surface area contributed by atoms with Crippen molar-refractivity contribution in [1.29, 1.82) is 0 Å². The smallest absolute Gasteiger partial charge is 0.253 e. The molecule has 0 aromatic heterocycles. The Balaban J connectivity index is 1.42. The molecule has 1 fully saturated rings. The van der Waals surface area contributed by atoms with Crippen LogP contribution in [-0.4, -0.2) is 30.5 Å². The van der Waals surface area contributed by atoms with Crippen molar-refractivity contribution in [2.45, 2.75) is 26.4 Å². The monoisotopic (exact) mass is 323 g/mol. The van der Waals surface area contributed by atoms with Gasteiger partial charge in [-0.3, -0.25) is 4.79 Å². The number of ether oxygens (including phenoxy) is 1. The zero-order valence-corrected chi connectivity index (χ0v) is 14.3. The second kappa shape index (κ2) is 8.11. The van der Waals surface area contributed by atoms with Gasteiger partial charge in [0.15, 0.2) is 0 Å². The Morgan fingerprint density at radius 2 is 1.71 bits per heavy atom. The van der Waals surface area contributed by atoms with Gasteiger partial charge >= 0.3 is 0 Å². The molecule has 1 aliphatic heterocycles. The molecular formula is C21H25NO2. The quantitative estimate of drug-likeness (QED) is 0.830. The van der Waals surface area contributed by atoms with Gasteiger partial charge in [-0.1, -0.05) is 48.0 Å². The number of rotatable bonds is 5. The number of aryl methyl sites for hydroxylation is 1. The summed E-state index contributed by atoms with van der Waals surface area (Å²) in [5.41, 5.74) is 3.18. The number of piperidine rings is 1. The highest BCUT2D eigenvalue weighted by atomic mass is 16.5. The minimum atomic E-state index is 0.152. The van der Waals surface area contributed by atoms with Gasteiger partial charge in [-0.25, -0.2) is 0 Å². The zero-order valence-electron chi connectivity index (χ0n) is 14.3. The van der Waals surface area contributed by atoms with Crippen molar-refractivity contribution in [2.24, 2.45) is 5.92 Å². The van der Waals surface area contributed by atoms with Crippen LogP contribution < -0.4 is 0 Å². The normalized spacial score (nSPS) is 15.5. The van der Waals surface area contributed by atoms with E-state index in [1.807, 2.05) is 54.3 Å². The van der Waals surface area contributed by atoms with Crippen molar-refractivity contribution in [2.75, 3.05) is 19.7 Å². The summed E-state index contributed by atoms with van der Waals surface area (Å²) < 4.78 is 5.85. The lowest BCUT2D eigenvalue weighted by Gasteiger charge is -2.32. The third-order valence-electron chi connectivity index (χ3n) is 4.67. The molecule has 0 saturated carbocycles. The fourth-order valence-corrected chi connectivity index (χ4v) is 3.10. The van der Waals surface area contributed by atoms with Crippen LogP contribution in [0.3, 0.4) is 0 Å². The van der Waals surface area contributed by atoms with Crippen LogP contribution in [0.25, 0.3) is 0 Å². The predicted octanol–water partition coefficient (Wildman–Crippen LogP) is 4.06. The van der Waals surface area contributed by atoms with Gasteiger partial charge in [0.05, 0.1) is 6.61 Å². The van der Waals surface area contributed by atoms with Gasteiger partial charge in [0.2, 0.25) is 0 Å². The van der Waals surface area contributed by atoms with E-state index in [4.69, 9.17) is 4.74 Å². The lowest BCUT2D eigenvalue weighted by Crippen LogP contribution is -2.39. The molecule has 1 amide bonds. The van der Waals surface area contributed by atoms with Crippen LogP contribution in [-0.2, 0) is 11.3 Å². The van der Waals surface area contributed by atoms with Crippen molar-refractivity contribution < 1.29 is 9.53 Å². The topological polar surface area (TPSA) is 29.5 Å². The molecule has 3 nitrogen and oxygen atoms in total. The number of carbonyl (C=O) groups excluding carboxylic acids is 1. The lowest BCUT2D eigenvalue weighted by molar-refractivity contribution is 0.0478. The summed E-state index contributed by atoms with van der Waals surface area (Å²) >= 11 is 0. The third kappa shape index (κ3) is 4.45. The molecular weight excluding hydrogens is 298 g/mol. The number of likely N-dealkylation sites (tertiary alicyclic amines) is 1. The molecule has 0 bridgehead atoms. The fourth-order valence-electron chi connectivity index (χ4n) is 3.10. The maximum Gasteiger partial charge on any atom is 0.253 e. The number of carbonyl (C=O) groups is 1. The first kappa shape index (κ1) is 16.7. The minimum absolute atomic E-state index is 0.152. The number of nitrogens with zero attached hydrogens (tertiary/aromatic N) is 1. The predicted molar refractivity (Wildman–Crippen MR) is 95.9 cm³/mol. The molecule has 0 atom stereocenters. The highest BCUT2D eigenvalue weighted by Crippen LogP contribution is 2.20. The first-order valence-electron chi connectivity index (χ1n) is 8.70. The maximum absolute atomic E-state index is 12.5. The van der Waals surface area contributed by atoms with Crippen molar-refractivity contribution in [3.05, 3.63) is 71.3 Å². The third-order valence-corrected chi connectivity index (χ3v) is 4.67. The highest BCUT2D eigenvalue weighted by Gasteiger charge is 2.23. The van der Waals surface area contributed by atoms with E-state index in [1.54, 1.807) is 0 Å². The molecule has 1 aliphatic rings. The Morgan fingerprint density at radius 3 is 2.38 bits per heavy atom. The van der Waals surface area contributed by atoms with Crippen LogP contribution in [0.5, 0.6) is 0 Å². The summed E-state index contributed by atoms with van der Waals surface area (Å²) in [5, 5.41) is 0. The van der Waals surface area contributed by atoms with Crippen LogP contribution in [0.1, 0.15) is 34.3 Å². The molecule has 0 radical (unpaired) electrons. The molecule has 126 valence electrons. The van der Waals surface area contributed by atoms with Crippen molar-refractivity contribution in [1.82, 2.24) is 4.90 Å². The van der Waals surface area contributed by atoms with E-state index in [2.05, 4.69) is 12.1 Å². The minimum Gasteiger partial charge on any atom is -0.376 e. The van der Waals surface area contributed by atoms with Gasteiger partial charge in [0.25, 0.3) is 5.91 Å². The fraction of sp³-hybridized carbons (Fsp3) is 0.381. The Bertz CT molecular complexity index is 643. The van der Waals surface area contributed by atoms with Crippen LogP contribution >= 0.6 is 0 Å². The average molecular weight is 323 g/mol. The van der Waals surface area contributed by atoms with Crippen molar-refractivity contribution >= 4 is 5.91 Å². The van der Waals surface area contributed by atoms with Crippen LogP contribution in [0.15, 0.2) is 54.6 Å². The molecule has 24 heavy (non-hydrogen) atoms. The Kier molecular flexibility index (Phi) is 5.65. The molecule has 3 rings (SSSR count). The van der Waals surface area contributed by atoms with E-state index in [-0.39, 0.29) is 5.91 Å². The molecule has 2 aromatic carbocycles. The molecule has 2 aromatic rings. The second-order valence-electron chi connectivity index (χ2n) is 6.60. The van der Waals surface area contributed by atoms with Gasteiger partial charge in [-0.2, -0.15) is 0 Å². The molecule has 3 heteroatoms.